The Balaban J connectivity index is 1.58. The van der Waals surface area contributed by atoms with Crippen LogP contribution in [0.4, 0.5) is 0 Å². The second-order valence-corrected chi connectivity index (χ2v) is 10.3. The number of benzene rings is 2. The molecule has 0 aliphatic carbocycles. The van der Waals surface area contributed by atoms with Gasteiger partial charge in [0.25, 0.3) is 0 Å². The monoisotopic (exact) mass is 423 g/mol. The summed E-state index contributed by atoms with van der Waals surface area (Å²) in [7, 11) is 0.594. The molecule has 1 atom stereocenters. The van der Waals surface area contributed by atoms with E-state index < -0.39 is 9.84 Å². The fourth-order valence-electron chi connectivity index (χ4n) is 4.26. The summed E-state index contributed by atoms with van der Waals surface area (Å²) in [5, 5.41) is 0.154. The molecule has 158 valence electrons. The highest BCUT2D eigenvalue weighted by Gasteiger charge is 2.24. The highest BCUT2D eigenvalue weighted by atomic mass is 32.2. The van der Waals surface area contributed by atoms with Crippen molar-refractivity contribution < 1.29 is 8.42 Å². The zero-order valence-electron chi connectivity index (χ0n) is 17.7. The highest BCUT2D eigenvalue weighted by Crippen LogP contribution is 2.32. The molecule has 5 nitrogen and oxygen atoms in total. The van der Waals surface area contributed by atoms with Gasteiger partial charge < -0.3 is 4.57 Å². The van der Waals surface area contributed by atoms with Crippen molar-refractivity contribution >= 4 is 9.84 Å². The predicted molar refractivity (Wildman–Crippen MR) is 119 cm³/mol. The summed E-state index contributed by atoms with van der Waals surface area (Å²) in [5.41, 5.74) is 5.12. The van der Waals surface area contributed by atoms with Crippen molar-refractivity contribution in [1.29, 1.82) is 0 Å². The molecule has 2 aromatic carbocycles. The quantitative estimate of drug-likeness (QED) is 0.608. The summed E-state index contributed by atoms with van der Waals surface area (Å²) < 4.78 is 26.9. The molecular weight excluding hydrogens is 394 g/mol. The number of sulfone groups is 1. The molecule has 3 aromatic rings. The molecule has 1 aromatic heterocycles. The first-order chi connectivity index (χ1) is 14.4. The third-order valence-electron chi connectivity index (χ3n) is 5.99. The van der Waals surface area contributed by atoms with Gasteiger partial charge >= 0.3 is 0 Å². The second kappa shape index (κ2) is 8.74. The van der Waals surface area contributed by atoms with Crippen LogP contribution in [0.25, 0.3) is 0 Å². The molecule has 0 bridgehead atoms. The normalized spacial score (nSPS) is 17.5. The van der Waals surface area contributed by atoms with Crippen molar-refractivity contribution in [3.63, 3.8) is 0 Å². The number of hydrogen-bond acceptors (Lipinski definition) is 4. The molecule has 1 unspecified atom stereocenters. The fraction of sp³-hybridized carbons (Fsp3) is 0.375. The Bertz CT molecular complexity index is 1110. The minimum absolute atomic E-state index is 0.0714. The van der Waals surface area contributed by atoms with Gasteiger partial charge in [-0.1, -0.05) is 48.5 Å². The van der Waals surface area contributed by atoms with E-state index in [9.17, 15) is 8.42 Å². The van der Waals surface area contributed by atoms with Crippen LogP contribution in [0.2, 0.25) is 0 Å². The van der Waals surface area contributed by atoms with E-state index in [0.29, 0.717) is 12.5 Å². The summed E-state index contributed by atoms with van der Waals surface area (Å²) in [4.78, 5) is 6.46. The van der Waals surface area contributed by atoms with Crippen molar-refractivity contribution in [1.82, 2.24) is 14.5 Å². The number of aryl methyl sites for hydroxylation is 3. The molecular formula is C24H29N3O2S. The first-order valence-corrected chi connectivity index (χ1v) is 12.1. The van der Waals surface area contributed by atoms with Gasteiger partial charge in [-0.25, -0.2) is 13.4 Å². The van der Waals surface area contributed by atoms with Crippen LogP contribution in [0, 0.1) is 0 Å². The molecule has 4 rings (SSSR count). The van der Waals surface area contributed by atoms with Crippen molar-refractivity contribution in [2.45, 2.75) is 36.8 Å². The van der Waals surface area contributed by atoms with E-state index in [1.165, 1.54) is 23.0 Å². The summed E-state index contributed by atoms with van der Waals surface area (Å²) in [5.74, 6) is 0.0714. The summed E-state index contributed by atoms with van der Waals surface area (Å²) in [6, 6.07) is 17.4. The van der Waals surface area contributed by atoms with Crippen molar-refractivity contribution in [3.8, 4) is 0 Å². The number of aromatic nitrogens is 2. The average molecular weight is 424 g/mol. The number of rotatable bonds is 6. The van der Waals surface area contributed by atoms with Crippen LogP contribution in [0.1, 0.15) is 34.7 Å². The van der Waals surface area contributed by atoms with Crippen LogP contribution in [-0.4, -0.2) is 42.2 Å². The van der Waals surface area contributed by atoms with Crippen molar-refractivity contribution in [2.75, 3.05) is 19.3 Å². The molecule has 1 aliphatic heterocycles. The summed E-state index contributed by atoms with van der Waals surface area (Å²) in [6.07, 6.45) is 6.75. The number of nitrogens with zero attached hydrogens (tertiary/aromatic N) is 3. The summed E-state index contributed by atoms with van der Waals surface area (Å²) >= 11 is 0. The van der Waals surface area contributed by atoms with E-state index in [2.05, 4.69) is 59.4 Å². The van der Waals surface area contributed by atoms with Crippen LogP contribution >= 0.6 is 0 Å². The first-order valence-electron chi connectivity index (χ1n) is 10.5. The molecule has 0 N–H and O–H groups in total. The standard InChI is InChI=1S/C24H29N3O2S/c1-26-17-24(25-18-26)30(28,29)14-12-20-10-11-21-9-6-13-27(2)23(22(21)15-20)16-19-7-4-3-5-8-19/h3-5,7-8,10-11,15,17-18,23H,6,9,12-14,16H2,1-2H3. The van der Waals surface area contributed by atoms with E-state index in [1.807, 2.05) is 6.07 Å². The van der Waals surface area contributed by atoms with Gasteiger partial charge in [0.2, 0.25) is 0 Å². The van der Waals surface area contributed by atoms with Gasteiger partial charge in [-0.2, -0.15) is 0 Å². The van der Waals surface area contributed by atoms with E-state index >= 15 is 0 Å². The number of hydrogen-bond donors (Lipinski definition) is 0. The highest BCUT2D eigenvalue weighted by molar-refractivity contribution is 7.91. The van der Waals surface area contributed by atoms with Crippen LogP contribution < -0.4 is 0 Å². The molecule has 1 aliphatic rings. The second-order valence-electron chi connectivity index (χ2n) is 8.27. The third kappa shape index (κ3) is 4.65. The molecule has 0 saturated heterocycles. The molecule has 0 saturated carbocycles. The van der Waals surface area contributed by atoms with E-state index in [4.69, 9.17) is 0 Å². The zero-order valence-corrected chi connectivity index (χ0v) is 18.5. The van der Waals surface area contributed by atoms with E-state index in [0.717, 1.165) is 31.4 Å². The van der Waals surface area contributed by atoms with Gasteiger partial charge in [-0.05, 0) is 61.5 Å². The predicted octanol–water partition coefficient (Wildman–Crippen LogP) is 3.60. The topological polar surface area (TPSA) is 55.2 Å². The Hall–Kier alpha value is -2.44. The molecule has 6 heteroatoms. The van der Waals surface area contributed by atoms with Crippen LogP contribution in [0.15, 0.2) is 66.1 Å². The van der Waals surface area contributed by atoms with Gasteiger partial charge in [-0.15, -0.1) is 0 Å². The molecule has 0 spiro atoms. The fourth-order valence-corrected chi connectivity index (χ4v) is 5.51. The first kappa shape index (κ1) is 20.8. The van der Waals surface area contributed by atoms with Crippen molar-refractivity contribution in [2.24, 2.45) is 7.05 Å². The lowest BCUT2D eigenvalue weighted by Gasteiger charge is -2.28. The number of imidazole rings is 1. The maximum Gasteiger partial charge on any atom is 0.197 e. The van der Waals surface area contributed by atoms with Crippen LogP contribution in [0.3, 0.4) is 0 Å². The number of likely N-dealkylation sites (N-methyl/N-ethyl adjacent to an activating group) is 1. The summed E-state index contributed by atoms with van der Waals surface area (Å²) in [6.45, 7) is 1.07. The van der Waals surface area contributed by atoms with Gasteiger partial charge in [0.1, 0.15) is 0 Å². The Labute approximate surface area is 179 Å². The molecule has 0 radical (unpaired) electrons. The smallest absolute Gasteiger partial charge is 0.197 e. The van der Waals surface area contributed by atoms with Gasteiger partial charge in [0.15, 0.2) is 14.9 Å². The van der Waals surface area contributed by atoms with E-state index in [1.54, 1.807) is 17.8 Å². The van der Waals surface area contributed by atoms with Crippen molar-refractivity contribution in [3.05, 3.63) is 83.3 Å². The molecule has 0 fully saturated rings. The number of fused-ring (bicyclic) bond motifs is 1. The maximum atomic E-state index is 12.6. The lowest BCUT2D eigenvalue weighted by atomic mass is 9.91. The molecule has 0 amide bonds. The van der Waals surface area contributed by atoms with Crippen LogP contribution in [-0.2, 0) is 36.1 Å². The van der Waals surface area contributed by atoms with Gasteiger partial charge in [0, 0.05) is 19.3 Å². The zero-order chi connectivity index (χ0) is 21.1. The Morgan fingerprint density at radius 2 is 1.87 bits per heavy atom. The minimum atomic E-state index is -3.38. The Kier molecular flexibility index (Phi) is 6.06. The maximum absolute atomic E-state index is 12.6. The SMILES string of the molecule is CN1CCCc2ccc(CCS(=O)(=O)c3cn(C)cn3)cc2C1Cc1ccccc1. The molecule has 2 heterocycles. The van der Waals surface area contributed by atoms with Crippen LogP contribution in [0.5, 0.6) is 0 Å². The minimum Gasteiger partial charge on any atom is -0.339 e. The van der Waals surface area contributed by atoms with Gasteiger partial charge in [0.05, 0.1) is 12.1 Å². The average Bonchev–Trinajstić information content (AvgIpc) is 3.13. The molecule has 30 heavy (non-hydrogen) atoms. The largest absolute Gasteiger partial charge is 0.339 e. The Morgan fingerprint density at radius 3 is 2.60 bits per heavy atom. The lowest BCUT2D eigenvalue weighted by Crippen LogP contribution is -2.26. The van der Waals surface area contributed by atoms with E-state index in [-0.39, 0.29) is 10.8 Å². The van der Waals surface area contributed by atoms with Gasteiger partial charge in [-0.3, -0.25) is 4.90 Å². The lowest BCUT2D eigenvalue weighted by molar-refractivity contribution is 0.248. The Morgan fingerprint density at radius 1 is 1.07 bits per heavy atom. The third-order valence-corrected chi connectivity index (χ3v) is 7.58.